The Balaban J connectivity index is 2.23. The molecule has 5 heteroatoms. The highest BCUT2D eigenvalue weighted by Crippen LogP contribution is 2.23. The second-order valence-electron chi connectivity index (χ2n) is 3.76. The Bertz CT molecular complexity index is 546. The van der Waals surface area contributed by atoms with Crippen LogP contribution in [0.3, 0.4) is 0 Å². The van der Waals surface area contributed by atoms with Crippen molar-refractivity contribution in [3.05, 3.63) is 40.5 Å². The predicted molar refractivity (Wildman–Crippen MR) is 75.1 cm³/mol. The fourth-order valence-corrected chi connectivity index (χ4v) is 1.86. The number of anilines is 1. The molecule has 1 aromatic heterocycles. The molecule has 0 aliphatic carbocycles. The molecular weight excluding hydrogens is 294 g/mol. The van der Waals surface area contributed by atoms with Gasteiger partial charge in [-0.25, -0.2) is 4.98 Å². The summed E-state index contributed by atoms with van der Waals surface area (Å²) in [7, 11) is 0. The van der Waals surface area contributed by atoms with Crippen molar-refractivity contribution in [2.45, 2.75) is 13.8 Å². The van der Waals surface area contributed by atoms with Crippen molar-refractivity contribution in [2.75, 3.05) is 11.9 Å². The maximum Gasteiger partial charge on any atom is 0.226 e. The van der Waals surface area contributed by atoms with E-state index in [0.29, 0.717) is 11.8 Å². The zero-order valence-corrected chi connectivity index (χ0v) is 11.9. The summed E-state index contributed by atoms with van der Waals surface area (Å²) in [5, 5.41) is 3.07. The SMILES string of the molecule is CCNc1nc(C)cc(Oc2cccc(Br)c2)n1. The number of benzene rings is 1. The number of ether oxygens (including phenoxy) is 1. The lowest BCUT2D eigenvalue weighted by molar-refractivity contribution is 0.461. The monoisotopic (exact) mass is 307 g/mol. The lowest BCUT2D eigenvalue weighted by Gasteiger charge is -2.08. The summed E-state index contributed by atoms with van der Waals surface area (Å²) in [6.07, 6.45) is 0. The quantitative estimate of drug-likeness (QED) is 0.934. The summed E-state index contributed by atoms with van der Waals surface area (Å²) in [4.78, 5) is 8.56. The highest BCUT2D eigenvalue weighted by atomic mass is 79.9. The van der Waals surface area contributed by atoms with Gasteiger partial charge in [0.05, 0.1) is 0 Å². The van der Waals surface area contributed by atoms with E-state index in [4.69, 9.17) is 4.74 Å². The van der Waals surface area contributed by atoms with Gasteiger partial charge < -0.3 is 10.1 Å². The van der Waals surface area contributed by atoms with Crippen molar-refractivity contribution in [3.8, 4) is 11.6 Å². The molecule has 94 valence electrons. The van der Waals surface area contributed by atoms with Crippen LogP contribution in [0.5, 0.6) is 11.6 Å². The molecule has 0 radical (unpaired) electrons. The first-order valence-electron chi connectivity index (χ1n) is 5.70. The number of aromatic nitrogens is 2. The van der Waals surface area contributed by atoms with Crippen LogP contribution in [0.1, 0.15) is 12.6 Å². The first kappa shape index (κ1) is 12.8. The van der Waals surface area contributed by atoms with Crippen molar-refractivity contribution < 1.29 is 4.74 Å². The van der Waals surface area contributed by atoms with Crippen LogP contribution in [0.4, 0.5) is 5.95 Å². The topological polar surface area (TPSA) is 47.0 Å². The van der Waals surface area contributed by atoms with E-state index in [1.807, 2.05) is 44.2 Å². The molecule has 1 heterocycles. The molecule has 0 atom stereocenters. The van der Waals surface area contributed by atoms with Gasteiger partial charge in [-0.15, -0.1) is 0 Å². The number of aryl methyl sites for hydroxylation is 1. The fraction of sp³-hybridized carbons (Fsp3) is 0.231. The molecule has 2 rings (SSSR count). The van der Waals surface area contributed by atoms with E-state index in [1.54, 1.807) is 0 Å². The van der Waals surface area contributed by atoms with Gasteiger partial charge in [0.1, 0.15) is 5.75 Å². The third-order valence-corrected chi connectivity index (χ3v) is 2.68. The van der Waals surface area contributed by atoms with Crippen LogP contribution in [0, 0.1) is 6.92 Å². The van der Waals surface area contributed by atoms with Gasteiger partial charge in [0, 0.05) is 22.8 Å². The third kappa shape index (κ3) is 3.43. The Labute approximate surface area is 115 Å². The molecule has 0 aliphatic rings. The van der Waals surface area contributed by atoms with Gasteiger partial charge in [-0.1, -0.05) is 22.0 Å². The molecule has 0 saturated heterocycles. The standard InChI is InChI=1S/C13H14BrN3O/c1-3-15-13-16-9(2)7-12(17-13)18-11-6-4-5-10(14)8-11/h4-8H,3H2,1-2H3,(H,15,16,17). The van der Waals surface area contributed by atoms with Crippen molar-refractivity contribution in [1.29, 1.82) is 0 Å². The van der Waals surface area contributed by atoms with Crippen LogP contribution in [0.25, 0.3) is 0 Å². The first-order valence-corrected chi connectivity index (χ1v) is 6.49. The maximum absolute atomic E-state index is 5.71. The van der Waals surface area contributed by atoms with Crippen molar-refractivity contribution in [3.63, 3.8) is 0 Å². The molecule has 0 amide bonds. The van der Waals surface area contributed by atoms with E-state index < -0.39 is 0 Å². The summed E-state index contributed by atoms with van der Waals surface area (Å²) in [6, 6.07) is 9.45. The van der Waals surface area contributed by atoms with Crippen LogP contribution in [0.15, 0.2) is 34.8 Å². The molecule has 4 nitrogen and oxygen atoms in total. The molecule has 2 aromatic rings. The van der Waals surface area contributed by atoms with Gasteiger partial charge >= 0.3 is 0 Å². The summed E-state index contributed by atoms with van der Waals surface area (Å²) >= 11 is 3.40. The molecule has 0 bridgehead atoms. The van der Waals surface area contributed by atoms with Crippen LogP contribution >= 0.6 is 15.9 Å². The molecule has 0 unspecified atom stereocenters. The Morgan fingerprint density at radius 1 is 1.28 bits per heavy atom. The number of hydrogen-bond donors (Lipinski definition) is 1. The number of halogens is 1. The van der Waals surface area contributed by atoms with Crippen LogP contribution in [0.2, 0.25) is 0 Å². The molecule has 1 aromatic carbocycles. The van der Waals surface area contributed by atoms with Gasteiger partial charge in [-0.05, 0) is 32.0 Å². The third-order valence-electron chi connectivity index (χ3n) is 2.18. The normalized spacial score (nSPS) is 10.2. The number of rotatable bonds is 4. The van der Waals surface area contributed by atoms with Gasteiger partial charge in [-0.2, -0.15) is 4.98 Å². The average molecular weight is 308 g/mol. The Hall–Kier alpha value is -1.62. The second-order valence-corrected chi connectivity index (χ2v) is 4.68. The lowest BCUT2D eigenvalue weighted by Crippen LogP contribution is -2.03. The number of nitrogens with one attached hydrogen (secondary N) is 1. The number of nitrogens with zero attached hydrogens (tertiary/aromatic N) is 2. The smallest absolute Gasteiger partial charge is 0.226 e. The first-order chi connectivity index (χ1) is 8.67. The van der Waals surface area contributed by atoms with E-state index in [2.05, 4.69) is 31.2 Å². The highest BCUT2D eigenvalue weighted by molar-refractivity contribution is 9.10. The van der Waals surface area contributed by atoms with E-state index in [1.165, 1.54) is 0 Å². The molecule has 1 N–H and O–H groups in total. The minimum Gasteiger partial charge on any atom is -0.439 e. The van der Waals surface area contributed by atoms with Crippen molar-refractivity contribution >= 4 is 21.9 Å². The van der Waals surface area contributed by atoms with E-state index in [0.717, 1.165) is 22.5 Å². The van der Waals surface area contributed by atoms with E-state index >= 15 is 0 Å². The summed E-state index contributed by atoms with van der Waals surface area (Å²) in [5.41, 5.74) is 0.867. The van der Waals surface area contributed by atoms with Crippen LogP contribution < -0.4 is 10.1 Å². The minimum atomic E-state index is 0.538. The zero-order valence-electron chi connectivity index (χ0n) is 10.3. The Kier molecular flexibility index (Phi) is 4.15. The highest BCUT2D eigenvalue weighted by Gasteiger charge is 2.04. The minimum absolute atomic E-state index is 0.538. The lowest BCUT2D eigenvalue weighted by atomic mass is 10.3. The molecule has 0 fully saturated rings. The van der Waals surface area contributed by atoms with E-state index in [9.17, 15) is 0 Å². The van der Waals surface area contributed by atoms with Crippen molar-refractivity contribution in [1.82, 2.24) is 9.97 Å². The molecule has 0 saturated carbocycles. The van der Waals surface area contributed by atoms with Gasteiger partial charge in [-0.3, -0.25) is 0 Å². The molecule has 18 heavy (non-hydrogen) atoms. The predicted octanol–water partition coefficient (Wildman–Crippen LogP) is 3.77. The molecule has 0 aliphatic heterocycles. The second kappa shape index (κ2) is 5.82. The zero-order chi connectivity index (χ0) is 13.0. The number of hydrogen-bond acceptors (Lipinski definition) is 4. The Morgan fingerprint density at radius 3 is 2.83 bits per heavy atom. The molecule has 0 spiro atoms. The largest absolute Gasteiger partial charge is 0.439 e. The van der Waals surface area contributed by atoms with Crippen LogP contribution in [-0.4, -0.2) is 16.5 Å². The van der Waals surface area contributed by atoms with Crippen molar-refractivity contribution in [2.24, 2.45) is 0 Å². The summed E-state index contributed by atoms with van der Waals surface area (Å²) in [5.74, 6) is 1.86. The maximum atomic E-state index is 5.71. The Morgan fingerprint density at radius 2 is 2.11 bits per heavy atom. The van der Waals surface area contributed by atoms with Crippen LogP contribution in [-0.2, 0) is 0 Å². The van der Waals surface area contributed by atoms with Gasteiger partial charge in [0.2, 0.25) is 11.8 Å². The van der Waals surface area contributed by atoms with Gasteiger partial charge in [0.25, 0.3) is 0 Å². The summed E-state index contributed by atoms with van der Waals surface area (Å²) in [6.45, 7) is 4.69. The average Bonchev–Trinajstić information content (AvgIpc) is 2.28. The summed E-state index contributed by atoms with van der Waals surface area (Å²) < 4.78 is 6.68. The van der Waals surface area contributed by atoms with Gasteiger partial charge in [0.15, 0.2) is 0 Å². The fourth-order valence-electron chi connectivity index (χ4n) is 1.48. The molecular formula is C13H14BrN3O. The van der Waals surface area contributed by atoms with E-state index in [-0.39, 0.29) is 0 Å².